The second-order valence-electron chi connectivity index (χ2n) is 10.4. The molecule has 8 nitrogen and oxygen atoms in total. The highest BCUT2D eigenvalue weighted by molar-refractivity contribution is 5.94. The third kappa shape index (κ3) is 8.54. The van der Waals surface area contributed by atoms with E-state index >= 15 is 0 Å². The fourth-order valence-electron chi connectivity index (χ4n) is 5.09. The molecule has 3 aromatic rings. The summed E-state index contributed by atoms with van der Waals surface area (Å²) < 4.78 is 53.4. The number of rotatable bonds is 9. The van der Waals surface area contributed by atoms with E-state index in [1.165, 1.54) is 24.1 Å². The second kappa shape index (κ2) is 13.7. The van der Waals surface area contributed by atoms with Crippen molar-refractivity contribution in [1.29, 1.82) is 0 Å². The minimum Gasteiger partial charge on any atom is -0.479 e. The number of alkyl halides is 3. The predicted molar refractivity (Wildman–Crippen MR) is 150 cm³/mol. The lowest BCUT2D eigenvalue weighted by Crippen LogP contribution is -2.36. The van der Waals surface area contributed by atoms with E-state index in [9.17, 15) is 37.1 Å². The van der Waals surface area contributed by atoms with E-state index in [0.717, 1.165) is 31.7 Å². The van der Waals surface area contributed by atoms with Gasteiger partial charge >= 0.3 is 18.2 Å². The maximum Gasteiger partial charge on any atom is 0.416 e. The summed E-state index contributed by atoms with van der Waals surface area (Å²) in [5, 5.41) is 25.5. The largest absolute Gasteiger partial charge is 0.479 e. The number of aliphatic hydroxyl groups excluding tert-OH is 1. The van der Waals surface area contributed by atoms with Gasteiger partial charge in [-0.25, -0.2) is 14.0 Å². The third-order valence-corrected chi connectivity index (χ3v) is 7.35. The van der Waals surface area contributed by atoms with Crippen LogP contribution < -0.4 is 16.0 Å². The third-order valence-electron chi connectivity index (χ3n) is 7.35. The summed E-state index contributed by atoms with van der Waals surface area (Å²) in [4.78, 5) is 36.2. The second-order valence-corrected chi connectivity index (χ2v) is 10.4. The summed E-state index contributed by atoms with van der Waals surface area (Å²) in [6.07, 6.45) is -0.882. The van der Waals surface area contributed by atoms with E-state index in [4.69, 9.17) is 5.11 Å². The zero-order valence-electron chi connectivity index (χ0n) is 23.0. The first-order valence-corrected chi connectivity index (χ1v) is 13.7. The van der Waals surface area contributed by atoms with Crippen molar-refractivity contribution >= 4 is 23.6 Å². The molecule has 43 heavy (non-hydrogen) atoms. The Balaban J connectivity index is 1.56. The van der Waals surface area contributed by atoms with Crippen molar-refractivity contribution in [3.8, 4) is 0 Å². The van der Waals surface area contributed by atoms with Gasteiger partial charge < -0.3 is 26.2 Å². The first-order chi connectivity index (χ1) is 20.4. The average Bonchev–Trinajstić information content (AvgIpc) is 2.98. The zero-order chi connectivity index (χ0) is 31.1. The molecule has 1 saturated carbocycles. The molecule has 1 aliphatic rings. The van der Waals surface area contributed by atoms with Gasteiger partial charge in [0.15, 0.2) is 6.10 Å². The van der Waals surface area contributed by atoms with Gasteiger partial charge in [0.1, 0.15) is 5.82 Å². The average molecular weight is 602 g/mol. The summed E-state index contributed by atoms with van der Waals surface area (Å²) in [6, 6.07) is 13.7. The quantitative estimate of drug-likeness (QED) is 0.193. The molecule has 0 heterocycles. The number of carboxylic acids is 1. The molecule has 3 aromatic carbocycles. The number of carboxylic acid groups (broad SMARTS) is 1. The van der Waals surface area contributed by atoms with Crippen LogP contribution in [0.2, 0.25) is 0 Å². The Kier molecular flexibility index (Phi) is 10.0. The zero-order valence-corrected chi connectivity index (χ0v) is 23.0. The van der Waals surface area contributed by atoms with E-state index in [0.29, 0.717) is 29.2 Å². The van der Waals surface area contributed by atoms with Crippen LogP contribution in [0.1, 0.15) is 76.7 Å². The Morgan fingerprint density at radius 3 is 2.07 bits per heavy atom. The number of carbonyl (C=O) groups excluding carboxylic acids is 2. The Hall–Kier alpha value is -4.45. The number of nitrogens with one attached hydrogen (secondary N) is 3. The molecular weight excluding hydrogens is 570 g/mol. The fourth-order valence-corrected chi connectivity index (χ4v) is 5.09. The summed E-state index contributed by atoms with van der Waals surface area (Å²) in [7, 11) is 0. The van der Waals surface area contributed by atoms with Crippen LogP contribution in [-0.4, -0.2) is 40.8 Å². The minimum atomic E-state index is -4.81. The predicted octanol–water partition coefficient (Wildman–Crippen LogP) is 5.98. The van der Waals surface area contributed by atoms with Crippen molar-refractivity contribution in [1.82, 2.24) is 10.6 Å². The van der Waals surface area contributed by atoms with E-state index in [2.05, 4.69) is 16.0 Å². The molecule has 4 rings (SSSR count). The van der Waals surface area contributed by atoms with Crippen molar-refractivity contribution in [2.75, 3.05) is 11.9 Å². The Morgan fingerprint density at radius 1 is 0.884 bits per heavy atom. The summed E-state index contributed by atoms with van der Waals surface area (Å²) in [6.45, 7) is -0.496. The van der Waals surface area contributed by atoms with Gasteiger partial charge in [0, 0.05) is 11.3 Å². The highest BCUT2D eigenvalue weighted by atomic mass is 19.4. The van der Waals surface area contributed by atoms with Crippen LogP contribution in [0, 0.1) is 5.82 Å². The standard InChI is InChI=1S/C31H31F4N3O5/c32-24-14-23(31(33,34)35)15-25(16-24)37-30(43)38-27(20-8-6-19(7-9-20)18-4-2-1-3-5-18)21-10-12-22(13-11-21)28(40)36-17-26(39)29(41)42/h6-16,18,26-27,39H,1-5,17H2,(H,36,40)(H,41,42)(H2,37,38,43). The van der Waals surface area contributed by atoms with Crippen LogP contribution in [0.25, 0.3) is 0 Å². The lowest BCUT2D eigenvalue weighted by molar-refractivity contribution is -0.146. The molecule has 0 bridgehead atoms. The number of hydrogen-bond acceptors (Lipinski definition) is 4. The molecule has 0 aliphatic heterocycles. The van der Waals surface area contributed by atoms with Gasteiger partial charge in [-0.05, 0) is 65.8 Å². The molecule has 0 spiro atoms. The van der Waals surface area contributed by atoms with Gasteiger partial charge in [-0.3, -0.25) is 4.79 Å². The Bertz CT molecular complexity index is 1440. The topological polar surface area (TPSA) is 128 Å². The van der Waals surface area contributed by atoms with Gasteiger partial charge in [0.2, 0.25) is 0 Å². The van der Waals surface area contributed by atoms with Gasteiger partial charge in [0.25, 0.3) is 5.91 Å². The number of carbonyl (C=O) groups is 3. The van der Waals surface area contributed by atoms with Crippen molar-refractivity contribution in [2.45, 2.75) is 56.3 Å². The maximum absolute atomic E-state index is 13.9. The van der Waals surface area contributed by atoms with E-state index < -0.39 is 54.2 Å². The number of urea groups is 1. The van der Waals surface area contributed by atoms with Gasteiger partial charge in [-0.1, -0.05) is 55.7 Å². The maximum atomic E-state index is 13.9. The normalized spacial score (nSPS) is 15.3. The van der Waals surface area contributed by atoms with Crippen molar-refractivity contribution in [3.05, 3.63) is 100 Å². The lowest BCUT2D eigenvalue weighted by atomic mass is 9.83. The number of anilines is 1. The molecule has 3 amide bonds. The highest BCUT2D eigenvalue weighted by Gasteiger charge is 2.31. The molecule has 0 aromatic heterocycles. The number of benzene rings is 3. The molecule has 2 atom stereocenters. The minimum absolute atomic E-state index is 0.164. The summed E-state index contributed by atoms with van der Waals surface area (Å²) in [5.41, 5.74) is 0.886. The first-order valence-electron chi connectivity index (χ1n) is 13.7. The Labute approximate surface area is 245 Å². The monoisotopic (exact) mass is 601 g/mol. The van der Waals surface area contributed by atoms with E-state index in [1.807, 2.05) is 24.3 Å². The molecule has 1 fully saturated rings. The van der Waals surface area contributed by atoms with Crippen LogP contribution >= 0.6 is 0 Å². The van der Waals surface area contributed by atoms with Crippen LogP contribution in [0.5, 0.6) is 0 Å². The van der Waals surface area contributed by atoms with Crippen molar-refractivity contribution < 1.29 is 42.2 Å². The van der Waals surface area contributed by atoms with Crippen LogP contribution in [-0.2, 0) is 11.0 Å². The van der Waals surface area contributed by atoms with E-state index in [1.54, 1.807) is 12.1 Å². The van der Waals surface area contributed by atoms with Crippen LogP contribution in [0.4, 0.5) is 28.0 Å². The van der Waals surface area contributed by atoms with Crippen LogP contribution in [0.15, 0.2) is 66.7 Å². The number of aliphatic hydroxyl groups is 1. The molecule has 0 saturated heterocycles. The Morgan fingerprint density at radius 2 is 1.49 bits per heavy atom. The summed E-state index contributed by atoms with van der Waals surface area (Å²) >= 11 is 0. The number of aliphatic carboxylic acids is 1. The smallest absolute Gasteiger partial charge is 0.416 e. The van der Waals surface area contributed by atoms with Crippen molar-refractivity contribution in [3.63, 3.8) is 0 Å². The highest BCUT2D eigenvalue weighted by Crippen LogP contribution is 2.34. The molecule has 2 unspecified atom stereocenters. The molecule has 12 heteroatoms. The van der Waals surface area contributed by atoms with Crippen molar-refractivity contribution in [2.24, 2.45) is 0 Å². The van der Waals surface area contributed by atoms with Crippen LogP contribution in [0.3, 0.4) is 0 Å². The SMILES string of the molecule is O=C(Nc1cc(F)cc(C(F)(F)F)c1)NC(c1ccc(C(=O)NCC(O)C(=O)O)cc1)c1ccc(C2CCCCC2)cc1. The lowest BCUT2D eigenvalue weighted by Gasteiger charge is -2.24. The van der Waals surface area contributed by atoms with Gasteiger partial charge in [0.05, 0.1) is 18.2 Å². The fraction of sp³-hybridized carbons (Fsp3) is 0.323. The van der Waals surface area contributed by atoms with Gasteiger partial charge in [-0.15, -0.1) is 0 Å². The van der Waals surface area contributed by atoms with Gasteiger partial charge in [-0.2, -0.15) is 13.2 Å². The molecule has 1 aliphatic carbocycles. The molecular formula is C31H31F4N3O5. The molecule has 0 radical (unpaired) electrons. The first kappa shape index (κ1) is 31.5. The van der Waals surface area contributed by atoms with E-state index in [-0.39, 0.29) is 11.3 Å². The molecule has 5 N–H and O–H groups in total. The summed E-state index contributed by atoms with van der Waals surface area (Å²) in [5.74, 6) is -2.84. The number of amides is 3. The number of hydrogen-bond donors (Lipinski definition) is 5. The molecule has 228 valence electrons. The number of halogens is 4.